The van der Waals surface area contributed by atoms with Gasteiger partial charge < -0.3 is 4.42 Å². The lowest BCUT2D eigenvalue weighted by Gasteiger charge is -2.10. The maximum atomic E-state index is 8.92. The minimum absolute atomic E-state index is 0.0547. The summed E-state index contributed by atoms with van der Waals surface area (Å²) in [5, 5.41) is 1.79. The van der Waals surface area contributed by atoms with E-state index in [2.05, 4.69) is 4.85 Å². The number of aromatic nitrogens is 1. The molecule has 0 bridgehead atoms. The molecule has 27 heavy (non-hydrogen) atoms. The van der Waals surface area contributed by atoms with Crippen molar-refractivity contribution in [2.45, 2.75) is 33.6 Å². The Balaban J connectivity index is 2.22. The van der Waals surface area contributed by atoms with Gasteiger partial charge in [0.1, 0.15) is 19.6 Å². The molecule has 0 aliphatic carbocycles. The SMILES string of the molecule is [2H]c1c(C([2H])(C)C)c([2H])c(-c2c(C)cc(C)c3c2oc2cc([N+]#[C-])ccc23)[n+](C)c1[2H]. The van der Waals surface area contributed by atoms with E-state index >= 15 is 0 Å². The van der Waals surface area contributed by atoms with Crippen molar-refractivity contribution in [3.05, 3.63) is 70.6 Å². The van der Waals surface area contributed by atoms with E-state index in [-0.39, 0.29) is 23.8 Å². The second-order valence-corrected chi connectivity index (χ2v) is 7.13. The van der Waals surface area contributed by atoms with Crippen LogP contribution in [-0.4, -0.2) is 0 Å². The van der Waals surface area contributed by atoms with Crippen molar-refractivity contribution in [2.75, 3.05) is 0 Å². The molecule has 0 fully saturated rings. The lowest BCUT2D eigenvalue weighted by molar-refractivity contribution is -0.660. The Morgan fingerprint density at radius 1 is 1.22 bits per heavy atom. The topological polar surface area (TPSA) is 21.4 Å². The Bertz CT molecular complexity index is 1440. The lowest BCUT2D eigenvalue weighted by atomic mass is 9.95. The summed E-state index contributed by atoms with van der Waals surface area (Å²) in [5.74, 6) is -1.21. The Morgan fingerprint density at radius 2 is 2.00 bits per heavy atom. The largest absolute Gasteiger partial charge is 0.456 e. The van der Waals surface area contributed by atoms with E-state index in [0.29, 0.717) is 28.1 Å². The number of aryl methyl sites for hydroxylation is 2. The molecule has 4 rings (SSSR count). The third-order valence-corrected chi connectivity index (χ3v) is 4.92. The number of fused-ring (bicyclic) bond motifs is 3. The highest BCUT2D eigenvalue weighted by atomic mass is 16.3. The van der Waals surface area contributed by atoms with Gasteiger partial charge in [0, 0.05) is 24.2 Å². The van der Waals surface area contributed by atoms with Crippen LogP contribution in [-0.2, 0) is 7.05 Å². The molecule has 0 unspecified atom stereocenters. The molecule has 0 radical (unpaired) electrons. The van der Waals surface area contributed by atoms with Crippen molar-refractivity contribution >= 4 is 27.6 Å². The highest BCUT2D eigenvalue weighted by molar-refractivity contribution is 6.12. The van der Waals surface area contributed by atoms with Crippen molar-refractivity contribution in [1.82, 2.24) is 0 Å². The molecular formula is C24H23N2O+. The van der Waals surface area contributed by atoms with Gasteiger partial charge in [-0.05, 0) is 42.5 Å². The maximum absolute atomic E-state index is 8.92. The molecule has 0 atom stereocenters. The summed E-state index contributed by atoms with van der Waals surface area (Å²) in [6.07, 6.45) is -0.0548. The molecule has 0 aliphatic heterocycles. The van der Waals surface area contributed by atoms with E-state index in [0.717, 1.165) is 21.9 Å². The van der Waals surface area contributed by atoms with Crippen molar-refractivity contribution < 1.29 is 14.5 Å². The highest BCUT2D eigenvalue weighted by Crippen LogP contribution is 2.40. The maximum Gasteiger partial charge on any atom is 0.216 e. The average molecular weight is 359 g/mol. The second kappa shape index (κ2) is 6.25. The molecule has 0 saturated heterocycles. The van der Waals surface area contributed by atoms with Crippen molar-refractivity contribution in [3.63, 3.8) is 0 Å². The van der Waals surface area contributed by atoms with Gasteiger partial charge in [-0.15, -0.1) is 0 Å². The van der Waals surface area contributed by atoms with Gasteiger partial charge in [0.15, 0.2) is 11.9 Å². The highest BCUT2D eigenvalue weighted by Gasteiger charge is 2.23. The van der Waals surface area contributed by atoms with E-state index in [4.69, 9.17) is 16.5 Å². The molecule has 0 N–H and O–H groups in total. The minimum atomic E-state index is -1.21. The predicted octanol–water partition coefficient (Wildman–Crippen LogP) is 6.37. The smallest absolute Gasteiger partial charge is 0.216 e. The van der Waals surface area contributed by atoms with E-state index in [1.165, 1.54) is 4.57 Å². The molecule has 3 heteroatoms. The Hall–Kier alpha value is -3.12. The fraction of sp³-hybridized carbons (Fsp3) is 0.250. The van der Waals surface area contributed by atoms with E-state index in [9.17, 15) is 0 Å². The van der Waals surface area contributed by atoms with Crippen LogP contribution < -0.4 is 4.57 Å². The van der Waals surface area contributed by atoms with Gasteiger partial charge in [0.2, 0.25) is 5.69 Å². The molecule has 0 saturated carbocycles. The van der Waals surface area contributed by atoms with Gasteiger partial charge >= 0.3 is 0 Å². The normalized spacial score (nSPS) is 13.9. The van der Waals surface area contributed by atoms with Gasteiger partial charge in [0.05, 0.1) is 14.9 Å². The second-order valence-electron chi connectivity index (χ2n) is 7.13. The first-order valence-corrected chi connectivity index (χ1v) is 8.82. The number of hydrogen-bond donors (Lipinski definition) is 0. The molecule has 134 valence electrons. The summed E-state index contributed by atoms with van der Waals surface area (Å²) >= 11 is 0. The zero-order chi connectivity index (χ0) is 22.8. The summed E-state index contributed by atoms with van der Waals surface area (Å²) in [5.41, 5.74) is 4.90. The van der Waals surface area contributed by atoms with E-state index in [1.807, 2.05) is 26.0 Å². The molecule has 0 aliphatic rings. The summed E-state index contributed by atoms with van der Waals surface area (Å²) < 4.78 is 42.0. The molecule has 4 aromatic rings. The Labute approximate surface area is 165 Å². The van der Waals surface area contributed by atoms with Crippen LogP contribution >= 0.6 is 0 Å². The van der Waals surface area contributed by atoms with Gasteiger partial charge in [-0.2, -0.15) is 0 Å². The van der Waals surface area contributed by atoms with Crippen LogP contribution in [0.2, 0.25) is 0 Å². The number of rotatable bonds is 2. The number of pyridine rings is 1. The third kappa shape index (κ3) is 2.69. The first kappa shape index (κ1) is 13.1. The van der Waals surface area contributed by atoms with Crippen LogP contribution in [0.3, 0.4) is 0 Å². The average Bonchev–Trinajstić information content (AvgIpc) is 3.06. The molecular weight excluding hydrogens is 332 g/mol. The third-order valence-electron chi connectivity index (χ3n) is 4.92. The van der Waals surface area contributed by atoms with Crippen LogP contribution in [0.25, 0.3) is 38.0 Å². The van der Waals surface area contributed by atoms with Crippen molar-refractivity contribution in [1.29, 1.82) is 0 Å². The number of nitrogens with zero attached hydrogens (tertiary/aromatic N) is 2. The quantitative estimate of drug-likeness (QED) is 0.301. The monoisotopic (exact) mass is 359 g/mol. The van der Waals surface area contributed by atoms with Gasteiger partial charge in [-0.1, -0.05) is 32.0 Å². The summed E-state index contributed by atoms with van der Waals surface area (Å²) in [6, 6.07) is 7.32. The van der Waals surface area contributed by atoms with Crippen LogP contribution in [0, 0.1) is 20.4 Å². The number of benzene rings is 2. The Kier molecular flexibility index (Phi) is 3.03. The number of hydrogen-bond acceptors (Lipinski definition) is 1. The van der Waals surface area contributed by atoms with Crippen LogP contribution in [0.5, 0.6) is 0 Å². The molecule has 2 heterocycles. The molecule has 2 aromatic carbocycles. The van der Waals surface area contributed by atoms with Crippen molar-refractivity contribution in [3.8, 4) is 11.3 Å². The predicted molar refractivity (Wildman–Crippen MR) is 110 cm³/mol. The summed E-state index contributed by atoms with van der Waals surface area (Å²) in [4.78, 5) is 3.49. The molecule has 0 amide bonds. The first-order valence-electron chi connectivity index (χ1n) is 10.8. The summed E-state index contributed by atoms with van der Waals surface area (Å²) in [6.45, 7) is 14.5. The minimum Gasteiger partial charge on any atom is -0.456 e. The van der Waals surface area contributed by atoms with Gasteiger partial charge in [-0.3, -0.25) is 0 Å². The van der Waals surface area contributed by atoms with Crippen LogP contribution in [0.1, 0.15) is 41.9 Å². The molecule has 0 spiro atoms. The van der Waals surface area contributed by atoms with Crippen LogP contribution in [0.15, 0.2) is 46.9 Å². The molecule has 2 aromatic heterocycles. The zero-order valence-electron chi connectivity index (χ0n) is 20.1. The lowest BCUT2D eigenvalue weighted by Crippen LogP contribution is -2.31. The molecule has 3 nitrogen and oxygen atoms in total. The Morgan fingerprint density at radius 3 is 2.70 bits per heavy atom. The number of furan rings is 1. The fourth-order valence-electron chi connectivity index (χ4n) is 3.57. The fourth-order valence-corrected chi connectivity index (χ4v) is 3.57. The standard InChI is InChI=1S/C24H23N2O/c1-14(2)17-9-10-26(6)20(12-17)23-16(4)11-15(3)22-19-8-7-18(25-5)13-21(19)27-24(22)23/h7-14H,1-4,6H3/q+1/i9D,10D,12D,14D. The van der Waals surface area contributed by atoms with Gasteiger partial charge in [-0.25, -0.2) is 9.41 Å². The zero-order valence-corrected chi connectivity index (χ0v) is 16.1. The van der Waals surface area contributed by atoms with Gasteiger partial charge in [0.25, 0.3) is 0 Å². The van der Waals surface area contributed by atoms with Crippen LogP contribution in [0.4, 0.5) is 5.69 Å². The van der Waals surface area contributed by atoms with E-state index in [1.54, 1.807) is 33.0 Å². The summed E-state index contributed by atoms with van der Waals surface area (Å²) in [7, 11) is 1.67. The van der Waals surface area contributed by atoms with E-state index < -0.39 is 5.89 Å². The van der Waals surface area contributed by atoms with Crippen molar-refractivity contribution in [2.24, 2.45) is 7.05 Å². The first-order chi connectivity index (χ1) is 14.5.